The summed E-state index contributed by atoms with van der Waals surface area (Å²) >= 11 is 0. The predicted octanol–water partition coefficient (Wildman–Crippen LogP) is 0.567. The van der Waals surface area contributed by atoms with Crippen molar-refractivity contribution in [1.82, 2.24) is 5.32 Å². The molecule has 0 aliphatic rings. The smallest absolute Gasteiger partial charge is 0.305 e. The fourth-order valence-electron chi connectivity index (χ4n) is 1.31. The van der Waals surface area contributed by atoms with Crippen LogP contribution in [0.2, 0.25) is 0 Å². The van der Waals surface area contributed by atoms with Crippen molar-refractivity contribution in [2.24, 2.45) is 0 Å². The second-order valence-electron chi connectivity index (χ2n) is 4.24. The number of hydrogen-bond acceptors (Lipinski definition) is 5. The summed E-state index contributed by atoms with van der Waals surface area (Å²) in [5.74, 6) is -0.909. The summed E-state index contributed by atoms with van der Waals surface area (Å²) in [6, 6.07) is 3.87. The van der Waals surface area contributed by atoms with Gasteiger partial charge in [0.2, 0.25) is 5.82 Å². The third kappa shape index (κ3) is 3.22. The first kappa shape index (κ1) is 14.5. The molecule has 0 atom stereocenters. The summed E-state index contributed by atoms with van der Waals surface area (Å²) < 4.78 is 13.7. The lowest BCUT2D eigenvalue weighted by molar-refractivity contribution is -0.387. The van der Waals surface area contributed by atoms with E-state index < -0.39 is 22.0 Å². The van der Waals surface area contributed by atoms with Crippen molar-refractivity contribution in [1.29, 1.82) is 0 Å². The molecular weight excluding hydrogens is 243 g/mol. The van der Waals surface area contributed by atoms with E-state index in [4.69, 9.17) is 10.2 Å². The van der Waals surface area contributed by atoms with Crippen LogP contribution in [0.4, 0.5) is 10.1 Å². The summed E-state index contributed by atoms with van der Waals surface area (Å²) in [6.07, 6.45) is 0. The number of rotatable bonds is 6. The zero-order valence-corrected chi connectivity index (χ0v) is 9.89. The molecule has 0 amide bonds. The van der Waals surface area contributed by atoms with Crippen LogP contribution < -0.4 is 5.32 Å². The molecule has 1 aromatic carbocycles. The molecule has 0 saturated heterocycles. The van der Waals surface area contributed by atoms with Gasteiger partial charge in [0.05, 0.1) is 23.7 Å². The highest BCUT2D eigenvalue weighted by molar-refractivity contribution is 5.36. The lowest BCUT2D eigenvalue weighted by Crippen LogP contribution is -2.48. The normalized spacial score (nSPS) is 11.6. The highest BCUT2D eigenvalue weighted by Crippen LogP contribution is 2.20. The highest BCUT2D eigenvalue weighted by Gasteiger charge is 2.23. The molecule has 0 bridgehead atoms. The topological polar surface area (TPSA) is 95.6 Å². The zero-order chi connectivity index (χ0) is 13.8. The first-order chi connectivity index (χ1) is 8.43. The Kier molecular flexibility index (Phi) is 4.71. The van der Waals surface area contributed by atoms with Crippen LogP contribution in [0.25, 0.3) is 0 Å². The minimum atomic E-state index is -0.961. The summed E-state index contributed by atoms with van der Waals surface area (Å²) in [5, 5.41) is 31.4. The molecule has 0 heterocycles. The van der Waals surface area contributed by atoms with E-state index in [1.165, 1.54) is 12.1 Å². The average Bonchev–Trinajstić information content (AvgIpc) is 2.37. The SMILES string of the molecule is CC(CO)(CO)NCc1cccc([N+](=O)[O-])c1F. The molecule has 0 aliphatic heterocycles. The Balaban J connectivity index is 2.86. The maximum atomic E-state index is 13.7. The van der Waals surface area contributed by atoms with Gasteiger partial charge in [-0.3, -0.25) is 10.1 Å². The molecular formula is C11H15FN2O4. The van der Waals surface area contributed by atoms with E-state index in [0.29, 0.717) is 0 Å². The van der Waals surface area contributed by atoms with Gasteiger partial charge in [-0.2, -0.15) is 4.39 Å². The molecule has 6 nitrogen and oxygen atoms in total. The van der Waals surface area contributed by atoms with E-state index in [1.807, 2.05) is 0 Å². The van der Waals surface area contributed by atoms with Gasteiger partial charge in [-0.1, -0.05) is 12.1 Å². The number of nitrogens with one attached hydrogen (secondary N) is 1. The number of benzene rings is 1. The predicted molar refractivity (Wildman–Crippen MR) is 62.5 cm³/mol. The van der Waals surface area contributed by atoms with Gasteiger partial charge in [0.15, 0.2) is 0 Å². The molecule has 1 rings (SSSR count). The van der Waals surface area contributed by atoms with Crippen LogP contribution in [0.3, 0.4) is 0 Å². The number of aliphatic hydroxyl groups is 2. The molecule has 0 aliphatic carbocycles. The fourth-order valence-corrected chi connectivity index (χ4v) is 1.31. The maximum absolute atomic E-state index is 13.7. The Morgan fingerprint density at radius 2 is 2.06 bits per heavy atom. The van der Waals surface area contributed by atoms with E-state index in [9.17, 15) is 14.5 Å². The van der Waals surface area contributed by atoms with Gasteiger partial charge in [-0.25, -0.2) is 0 Å². The molecule has 0 spiro atoms. The van der Waals surface area contributed by atoms with Crippen LogP contribution in [0.5, 0.6) is 0 Å². The van der Waals surface area contributed by atoms with Crippen LogP contribution in [0.1, 0.15) is 12.5 Å². The molecule has 0 radical (unpaired) electrons. The van der Waals surface area contributed by atoms with Gasteiger partial charge in [0.1, 0.15) is 0 Å². The van der Waals surface area contributed by atoms with Crippen LogP contribution in [0.15, 0.2) is 18.2 Å². The van der Waals surface area contributed by atoms with Crippen molar-refractivity contribution in [2.45, 2.75) is 19.0 Å². The van der Waals surface area contributed by atoms with Crippen LogP contribution >= 0.6 is 0 Å². The summed E-state index contributed by atoms with van der Waals surface area (Å²) in [6.45, 7) is 0.869. The number of hydrogen-bond donors (Lipinski definition) is 3. The molecule has 3 N–H and O–H groups in total. The number of aliphatic hydroxyl groups excluding tert-OH is 2. The number of nitro benzene ring substituents is 1. The molecule has 0 fully saturated rings. The largest absolute Gasteiger partial charge is 0.394 e. The van der Waals surface area contributed by atoms with Crippen molar-refractivity contribution < 1.29 is 19.5 Å². The minimum Gasteiger partial charge on any atom is -0.394 e. The van der Waals surface area contributed by atoms with Gasteiger partial charge in [-0.15, -0.1) is 0 Å². The van der Waals surface area contributed by atoms with Crippen molar-refractivity contribution in [3.8, 4) is 0 Å². The number of halogens is 1. The number of nitro groups is 1. The lowest BCUT2D eigenvalue weighted by atomic mass is 10.0. The van der Waals surface area contributed by atoms with Gasteiger partial charge in [0, 0.05) is 18.2 Å². The van der Waals surface area contributed by atoms with E-state index >= 15 is 0 Å². The highest BCUT2D eigenvalue weighted by atomic mass is 19.1. The summed E-state index contributed by atoms with van der Waals surface area (Å²) in [7, 11) is 0. The molecule has 1 aromatic rings. The van der Waals surface area contributed by atoms with Gasteiger partial charge in [0.25, 0.3) is 0 Å². The monoisotopic (exact) mass is 258 g/mol. The van der Waals surface area contributed by atoms with E-state index in [0.717, 1.165) is 6.07 Å². The van der Waals surface area contributed by atoms with Crippen molar-refractivity contribution >= 4 is 5.69 Å². The van der Waals surface area contributed by atoms with E-state index in [1.54, 1.807) is 6.92 Å². The molecule has 100 valence electrons. The second kappa shape index (κ2) is 5.85. The van der Waals surface area contributed by atoms with Gasteiger partial charge in [-0.05, 0) is 6.92 Å². The van der Waals surface area contributed by atoms with Crippen molar-refractivity contribution in [3.05, 3.63) is 39.7 Å². The first-order valence-corrected chi connectivity index (χ1v) is 5.32. The minimum absolute atomic E-state index is 0.0227. The molecule has 0 saturated carbocycles. The molecule has 0 aromatic heterocycles. The fraction of sp³-hybridized carbons (Fsp3) is 0.455. The molecule has 7 heteroatoms. The maximum Gasteiger partial charge on any atom is 0.305 e. The molecule has 18 heavy (non-hydrogen) atoms. The van der Waals surface area contributed by atoms with Gasteiger partial charge >= 0.3 is 5.69 Å². The third-order valence-corrected chi connectivity index (χ3v) is 2.66. The van der Waals surface area contributed by atoms with E-state index in [-0.39, 0.29) is 25.3 Å². The average molecular weight is 258 g/mol. The van der Waals surface area contributed by atoms with Crippen LogP contribution in [0, 0.1) is 15.9 Å². The summed E-state index contributed by atoms with van der Waals surface area (Å²) in [5.41, 5.74) is -1.45. The van der Waals surface area contributed by atoms with Crippen molar-refractivity contribution in [3.63, 3.8) is 0 Å². The lowest BCUT2D eigenvalue weighted by Gasteiger charge is -2.26. The number of nitrogens with zero attached hydrogens (tertiary/aromatic N) is 1. The quantitative estimate of drug-likeness (QED) is 0.512. The van der Waals surface area contributed by atoms with Crippen molar-refractivity contribution in [2.75, 3.05) is 13.2 Å². The van der Waals surface area contributed by atoms with Crippen LogP contribution in [-0.4, -0.2) is 33.9 Å². The zero-order valence-electron chi connectivity index (χ0n) is 9.89. The van der Waals surface area contributed by atoms with Crippen LogP contribution in [-0.2, 0) is 6.54 Å². The Hall–Kier alpha value is -1.57. The Labute approximate surface area is 103 Å². The Morgan fingerprint density at radius 3 is 2.56 bits per heavy atom. The van der Waals surface area contributed by atoms with E-state index in [2.05, 4.69) is 5.32 Å². The summed E-state index contributed by atoms with van der Waals surface area (Å²) in [4.78, 5) is 9.76. The standard InChI is InChI=1S/C11H15FN2O4/c1-11(6-15,7-16)13-5-8-3-2-4-9(10(8)12)14(17)18/h2-4,13,15-16H,5-7H2,1H3. The Morgan fingerprint density at radius 1 is 1.44 bits per heavy atom. The van der Waals surface area contributed by atoms with Gasteiger partial charge < -0.3 is 15.5 Å². The Bertz CT molecular complexity index is 435. The third-order valence-electron chi connectivity index (χ3n) is 2.66. The second-order valence-corrected chi connectivity index (χ2v) is 4.24. The first-order valence-electron chi connectivity index (χ1n) is 5.32. The molecule has 0 unspecified atom stereocenters.